The van der Waals surface area contributed by atoms with Crippen LogP contribution in [0.25, 0.3) is 10.8 Å². The first-order chi connectivity index (χ1) is 16.0. The third-order valence-corrected chi connectivity index (χ3v) is 6.76. The number of ether oxygens (including phenoxy) is 1. The van der Waals surface area contributed by atoms with Crippen LogP contribution in [0.4, 0.5) is 0 Å². The van der Waals surface area contributed by atoms with E-state index in [2.05, 4.69) is 47.9 Å². The number of hydrogen-bond donors (Lipinski definition) is 2. The van der Waals surface area contributed by atoms with E-state index in [9.17, 15) is 9.59 Å². The van der Waals surface area contributed by atoms with Crippen LogP contribution in [0.2, 0.25) is 0 Å². The molecular weight excluding hydrogens is 412 g/mol. The minimum absolute atomic E-state index is 0.0258. The lowest BCUT2D eigenvalue weighted by atomic mass is 9.83. The number of carbonyl (C=O) groups excluding carboxylic acids is 2. The highest BCUT2D eigenvalue weighted by atomic mass is 16.5. The Morgan fingerprint density at radius 2 is 1.79 bits per heavy atom. The highest BCUT2D eigenvalue weighted by Crippen LogP contribution is 2.35. The minimum Gasteiger partial charge on any atom is -0.496 e. The molecule has 0 bridgehead atoms. The average molecular weight is 445 g/mol. The molecule has 33 heavy (non-hydrogen) atoms. The number of methoxy groups -OCH3 is 1. The molecule has 1 heterocycles. The molecule has 0 aliphatic carbocycles. The lowest BCUT2D eigenvalue weighted by Crippen LogP contribution is -2.44. The third kappa shape index (κ3) is 5.36. The van der Waals surface area contributed by atoms with E-state index in [1.54, 1.807) is 7.11 Å². The number of fused-ring (bicyclic) bond motifs is 1. The van der Waals surface area contributed by atoms with Gasteiger partial charge < -0.3 is 15.4 Å². The van der Waals surface area contributed by atoms with Gasteiger partial charge in [-0.15, -0.1) is 0 Å². The average Bonchev–Trinajstić information content (AvgIpc) is 3.22. The van der Waals surface area contributed by atoms with Crippen LogP contribution in [0.1, 0.15) is 49.7 Å². The maximum atomic E-state index is 12.7. The van der Waals surface area contributed by atoms with Crippen molar-refractivity contribution in [3.63, 3.8) is 0 Å². The van der Waals surface area contributed by atoms with Crippen LogP contribution in [-0.4, -0.2) is 31.0 Å². The van der Waals surface area contributed by atoms with Gasteiger partial charge in [0.25, 0.3) is 0 Å². The molecule has 4 rings (SSSR count). The fraction of sp³-hybridized carbons (Fsp3) is 0.357. The summed E-state index contributed by atoms with van der Waals surface area (Å²) in [7, 11) is 1.68. The molecule has 2 atom stereocenters. The summed E-state index contributed by atoms with van der Waals surface area (Å²) >= 11 is 0. The van der Waals surface area contributed by atoms with E-state index >= 15 is 0 Å². The van der Waals surface area contributed by atoms with Gasteiger partial charge in [0.1, 0.15) is 5.75 Å². The van der Waals surface area contributed by atoms with Crippen LogP contribution in [0.5, 0.6) is 5.75 Å². The lowest BCUT2D eigenvalue weighted by molar-refractivity contribution is -0.122. The van der Waals surface area contributed by atoms with Crippen LogP contribution in [0.3, 0.4) is 0 Å². The van der Waals surface area contributed by atoms with Crippen molar-refractivity contribution in [1.29, 1.82) is 0 Å². The lowest BCUT2D eigenvalue weighted by Gasteiger charge is -2.30. The van der Waals surface area contributed by atoms with Crippen LogP contribution in [-0.2, 0) is 16.0 Å². The maximum absolute atomic E-state index is 12.7. The minimum atomic E-state index is -0.406. The Morgan fingerprint density at radius 1 is 1.06 bits per heavy atom. The summed E-state index contributed by atoms with van der Waals surface area (Å²) < 4.78 is 5.53. The Kier molecular flexibility index (Phi) is 6.97. The third-order valence-electron chi connectivity index (χ3n) is 6.76. The predicted octanol–water partition coefficient (Wildman–Crippen LogP) is 4.74. The van der Waals surface area contributed by atoms with E-state index in [4.69, 9.17) is 4.74 Å². The van der Waals surface area contributed by atoms with Gasteiger partial charge in [-0.3, -0.25) is 9.59 Å². The van der Waals surface area contributed by atoms with Gasteiger partial charge in [0.15, 0.2) is 0 Å². The molecule has 0 radical (unpaired) electrons. The van der Waals surface area contributed by atoms with Gasteiger partial charge in [-0.05, 0) is 47.8 Å². The van der Waals surface area contributed by atoms with Crippen molar-refractivity contribution in [2.45, 2.75) is 50.5 Å². The topological polar surface area (TPSA) is 67.4 Å². The molecule has 0 aromatic heterocycles. The van der Waals surface area contributed by atoms with Gasteiger partial charge in [-0.25, -0.2) is 0 Å². The van der Waals surface area contributed by atoms with E-state index in [-0.39, 0.29) is 17.7 Å². The zero-order valence-electron chi connectivity index (χ0n) is 19.4. The second kappa shape index (κ2) is 10.1. The molecule has 1 fully saturated rings. The fourth-order valence-electron chi connectivity index (χ4n) is 4.82. The van der Waals surface area contributed by atoms with Crippen LogP contribution in [0.15, 0.2) is 66.7 Å². The molecule has 5 heteroatoms. The Labute approximate surface area is 195 Å². The first-order valence-corrected chi connectivity index (χ1v) is 11.7. The molecule has 2 amide bonds. The molecule has 5 nitrogen and oxygen atoms in total. The first-order valence-electron chi connectivity index (χ1n) is 11.7. The molecule has 3 aromatic carbocycles. The summed E-state index contributed by atoms with van der Waals surface area (Å²) in [6, 6.07) is 22.4. The van der Waals surface area contributed by atoms with Crippen molar-refractivity contribution in [1.82, 2.24) is 10.6 Å². The van der Waals surface area contributed by atoms with Crippen molar-refractivity contribution >= 4 is 22.6 Å². The van der Waals surface area contributed by atoms with Crippen molar-refractivity contribution in [3.8, 4) is 5.75 Å². The normalized spacial score (nSPS) is 18.7. The van der Waals surface area contributed by atoms with E-state index in [1.165, 1.54) is 5.56 Å². The monoisotopic (exact) mass is 444 g/mol. The van der Waals surface area contributed by atoms with Crippen LogP contribution >= 0.6 is 0 Å². The van der Waals surface area contributed by atoms with E-state index in [1.807, 2.05) is 36.4 Å². The van der Waals surface area contributed by atoms with Crippen molar-refractivity contribution in [2.75, 3.05) is 13.7 Å². The summed E-state index contributed by atoms with van der Waals surface area (Å²) in [4.78, 5) is 24.9. The molecule has 0 spiro atoms. The Morgan fingerprint density at radius 3 is 2.48 bits per heavy atom. The van der Waals surface area contributed by atoms with Gasteiger partial charge in [0, 0.05) is 30.3 Å². The smallest absolute Gasteiger partial charge is 0.220 e. The van der Waals surface area contributed by atoms with E-state index in [0.717, 1.165) is 28.5 Å². The molecule has 1 saturated heterocycles. The molecule has 3 aromatic rings. The highest BCUT2D eigenvalue weighted by Gasteiger charge is 2.38. The largest absolute Gasteiger partial charge is 0.496 e. The summed E-state index contributed by atoms with van der Waals surface area (Å²) in [5.41, 5.74) is 1.96. The number of hydrogen-bond acceptors (Lipinski definition) is 3. The number of carbonyl (C=O) groups is 2. The summed E-state index contributed by atoms with van der Waals surface area (Å²) in [5, 5.41) is 8.46. The Balaban J connectivity index is 1.44. The zero-order valence-corrected chi connectivity index (χ0v) is 19.4. The molecule has 1 aliphatic rings. The molecule has 2 unspecified atom stereocenters. The summed E-state index contributed by atoms with van der Waals surface area (Å²) in [5.74, 6) is 1.18. The number of rotatable bonds is 9. The number of benzene rings is 3. The maximum Gasteiger partial charge on any atom is 0.220 e. The molecule has 2 N–H and O–H groups in total. The van der Waals surface area contributed by atoms with Gasteiger partial charge >= 0.3 is 0 Å². The number of nitrogens with one attached hydrogen (secondary N) is 2. The SMILES string of the molecule is COc1ccc(CC2(CCC(=O)NCC(C)c3ccccc3)CCC(=O)N2)c2ccccc12. The first kappa shape index (κ1) is 22.8. The fourth-order valence-corrected chi connectivity index (χ4v) is 4.82. The Bertz CT molecular complexity index is 1130. The second-order valence-corrected chi connectivity index (χ2v) is 9.09. The molecular formula is C28H32N2O3. The standard InChI is InChI=1S/C28H32N2O3/c1-20(21-8-4-3-5-9-21)19-29-26(31)14-16-28(17-15-27(32)30-28)18-22-12-13-25(33-2)24-11-7-6-10-23(22)24/h3-13,20H,14-19H2,1-2H3,(H,29,31)(H,30,32). The summed E-state index contributed by atoms with van der Waals surface area (Å²) in [6.07, 6.45) is 2.93. The highest BCUT2D eigenvalue weighted by molar-refractivity contribution is 5.91. The molecule has 172 valence electrons. The van der Waals surface area contributed by atoms with E-state index < -0.39 is 5.54 Å². The molecule has 1 aliphatic heterocycles. The molecule has 0 saturated carbocycles. The number of amides is 2. The van der Waals surface area contributed by atoms with Gasteiger partial charge in [-0.2, -0.15) is 0 Å². The zero-order chi connectivity index (χ0) is 23.3. The van der Waals surface area contributed by atoms with Gasteiger partial charge in [-0.1, -0.05) is 67.6 Å². The van der Waals surface area contributed by atoms with E-state index in [0.29, 0.717) is 32.2 Å². The van der Waals surface area contributed by atoms with Gasteiger partial charge in [0.2, 0.25) is 11.8 Å². The van der Waals surface area contributed by atoms with Crippen LogP contribution in [0, 0.1) is 0 Å². The van der Waals surface area contributed by atoms with Crippen molar-refractivity contribution in [3.05, 3.63) is 77.9 Å². The van der Waals surface area contributed by atoms with Crippen molar-refractivity contribution in [2.24, 2.45) is 0 Å². The van der Waals surface area contributed by atoms with Crippen molar-refractivity contribution < 1.29 is 14.3 Å². The summed E-state index contributed by atoms with van der Waals surface area (Å²) in [6.45, 7) is 2.72. The van der Waals surface area contributed by atoms with Gasteiger partial charge in [0.05, 0.1) is 7.11 Å². The second-order valence-electron chi connectivity index (χ2n) is 9.09. The quantitative estimate of drug-likeness (QED) is 0.501. The Hall–Kier alpha value is -3.34. The predicted molar refractivity (Wildman–Crippen MR) is 131 cm³/mol. The van der Waals surface area contributed by atoms with Crippen LogP contribution < -0.4 is 15.4 Å².